The molecule has 0 heterocycles. The Morgan fingerprint density at radius 3 is 1.96 bits per heavy atom. The quantitative estimate of drug-likeness (QED) is 0.614. The number of halogens is 1. The summed E-state index contributed by atoms with van der Waals surface area (Å²) >= 11 is 0. The average molecular weight is 353 g/mol. The third-order valence-electron chi connectivity index (χ3n) is 3.22. The van der Waals surface area contributed by atoms with Crippen molar-refractivity contribution in [1.82, 2.24) is 0 Å². The van der Waals surface area contributed by atoms with Crippen molar-refractivity contribution in [1.29, 1.82) is 0 Å². The molecule has 0 atom stereocenters. The molecule has 1 aliphatic carbocycles. The molecular formula is C20H29FO2S. The van der Waals surface area contributed by atoms with Gasteiger partial charge in [0.05, 0.1) is 10.7 Å². The van der Waals surface area contributed by atoms with Crippen LogP contribution in [0.2, 0.25) is 0 Å². The van der Waals surface area contributed by atoms with Gasteiger partial charge in [0.1, 0.15) is 0 Å². The second-order valence-electron chi connectivity index (χ2n) is 6.66. The number of rotatable bonds is 2. The lowest BCUT2D eigenvalue weighted by atomic mass is 9.88. The van der Waals surface area contributed by atoms with E-state index in [9.17, 15) is 12.8 Å². The topological polar surface area (TPSA) is 34.1 Å². The van der Waals surface area contributed by atoms with Crippen molar-refractivity contribution in [3.8, 4) is 0 Å². The maximum Gasteiger partial charge on any atom is 0.175 e. The zero-order valence-corrected chi connectivity index (χ0v) is 16.2. The van der Waals surface area contributed by atoms with E-state index >= 15 is 0 Å². The van der Waals surface area contributed by atoms with Gasteiger partial charge in [-0.15, -0.1) is 6.58 Å². The maximum atomic E-state index is 11.4. The monoisotopic (exact) mass is 352 g/mol. The van der Waals surface area contributed by atoms with Gasteiger partial charge in [-0.2, -0.15) is 0 Å². The molecule has 0 aliphatic heterocycles. The molecule has 0 spiro atoms. The van der Waals surface area contributed by atoms with Crippen LogP contribution in [0.25, 0.3) is 5.57 Å². The summed E-state index contributed by atoms with van der Waals surface area (Å²) in [6, 6.07) is 7.20. The summed E-state index contributed by atoms with van der Waals surface area (Å²) in [5.41, 5.74) is 2.81. The van der Waals surface area contributed by atoms with Crippen LogP contribution in [-0.4, -0.2) is 14.7 Å². The second kappa shape index (κ2) is 9.58. The predicted octanol–water partition coefficient (Wildman–Crippen LogP) is 5.98. The fraction of sp³-hybridized carbons (Fsp3) is 0.400. The normalized spacial score (nSPS) is 15.2. The van der Waals surface area contributed by atoms with Gasteiger partial charge >= 0.3 is 0 Å². The molecule has 1 aromatic rings. The Morgan fingerprint density at radius 1 is 1.25 bits per heavy atom. The van der Waals surface area contributed by atoms with Crippen molar-refractivity contribution >= 4 is 15.4 Å². The van der Waals surface area contributed by atoms with Crippen molar-refractivity contribution in [2.24, 2.45) is 5.41 Å². The third-order valence-corrected chi connectivity index (χ3v) is 4.35. The van der Waals surface area contributed by atoms with Gasteiger partial charge in [0.2, 0.25) is 0 Å². The van der Waals surface area contributed by atoms with Crippen molar-refractivity contribution in [3.63, 3.8) is 0 Å². The largest absolute Gasteiger partial charge is 0.224 e. The molecule has 0 radical (unpaired) electrons. The molecular weight excluding hydrogens is 323 g/mol. The van der Waals surface area contributed by atoms with E-state index in [1.165, 1.54) is 18.8 Å². The Kier molecular flexibility index (Phi) is 8.91. The third kappa shape index (κ3) is 8.82. The molecule has 0 unspecified atom stereocenters. The van der Waals surface area contributed by atoms with E-state index in [2.05, 4.69) is 33.1 Å². The lowest BCUT2D eigenvalue weighted by Crippen LogP contribution is -2.04. The van der Waals surface area contributed by atoms with Gasteiger partial charge in [0.15, 0.2) is 9.84 Å². The van der Waals surface area contributed by atoms with Crippen LogP contribution >= 0.6 is 0 Å². The Morgan fingerprint density at radius 2 is 1.67 bits per heavy atom. The number of hydrogen-bond acceptors (Lipinski definition) is 2. The Labute approximate surface area is 146 Å². The first kappa shape index (κ1) is 22.3. The van der Waals surface area contributed by atoms with Crippen LogP contribution in [0.4, 0.5) is 4.39 Å². The first-order valence-electron chi connectivity index (χ1n) is 7.80. The zero-order valence-electron chi connectivity index (χ0n) is 15.4. The molecule has 2 nitrogen and oxygen atoms in total. The number of allylic oxidation sites excluding steroid dienone is 4. The molecule has 0 aromatic heterocycles. The van der Waals surface area contributed by atoms with Crippen LogP contribution in [0.3, 0.4) is 0 Å². The fourth-order valence-corrected chi connectivity index (χ4v) is 2.83. The molecule has 134 valence electrons. The molecule has 0 bridgehead atoms. The van der Waals surface area contributed by atoms with E-state index < -0.39 is 9.84 Å². The lowest BCUT2D eigenvalue weighted by Gasteiger charge is -2.16. The Hall–Kier alpha value is -1.68. The van der Waals surface area contributed by atoms with Crippen molar-refractivity contribution in [3.05, 3.63) is 61.0 Å². The van der Waals surface area contributed by atoms with E-state index in [1.54, 1.807) is 18.2 Å². The molecule has 24 heavy (non-hydrogen) atoms. The van der Waals surface area contributed by atoms with Crippen molar-refractivity contribution in [2.75, 3.05) is 6.26 Å². The first-order valence-corrected chi connectivity index (χ1v) is 9.69. The van der Waals surface area contributed by atoms with Crippen LogP contribution in [0.5, 0.6) is 0 Å². The van der Waals surface area contributed by atoms with Crippen LogP contribution < -0.4 is 0 Å². The minimum Gasteiger partial charge on any atom is -0.224 e. The average Bonchev–Trinajstić information content (AvgIpc) is 2.79. The second-order valence-corrected chi connectivity index (χ2v) is 8.67. The lowest BCUT2D eigenvalue weighted by molar-refractivity contribution is 0.403. The number of benzene rings is 1. The highest BCUT2D eigenvalue weighted by Gasteiger charge is 2.25. The molecule has 4 heteroatoms. The van der Waals surface area contributed by atoms with Gasteiger partial charge in [-0.1, -0.05) is 44.7 Å². The summed E-state index contributed by atoms with van der Waals surface area (Å²) in [4.78, 5) is 0.388. The molecule has 2 rings (SSSR count). The molecule has 1 aliphatic rings. The number of hydrogen-bond donors (Lipinski definition) is 0. The van der Waals surface area contributed by atoms with Gasteiger partial charge in [-0.3, -0.25) is 0 Å². The zero-order chi connectivity index (χ0) is 19.0. The summed E-state index contributed by atoms with van der Waals surface area (Å²) < 4.78 is 33.5. The van der Waals surface area contributed by atoms with Crippen LogP contribution in [0, 0.1) is 5.41 Å². The van der Waals surface area contributed by atoms with Gasteiger partial charge in [0.25, 0.3) is 0 Å². The van der Waals surface area contributed by atoms with E-state index in [1.807, 2.05) is 19.1 Å². The summed E-state index contributed by atoms with van der Waals surface area (Å²) in [6.07, 6.45) is 7.40. The predicted molar refractivity (Wildman–Crippen MR) is 102 cm³/mol. The van der Waals surface area contributed by atoms with Gasteiger partial charge < -0.3 is 0 Å². The van der Waals surface area contributed by atoms with Gasteiger partial charge in [0, 0.05) is 6.26 Å². The molecule has 0 amide bonds. The minimum atomic E-state index is -3.09. The molecule has 0 saturated heterocycles. The standard InChI is InChI=1S/C14H18O2S.C3H5F.C3H6/c1-14(2)9-8-12(10-14)11-4-6-13(7-5-11)17(3,15)16;1-3(2)4;1-3-2/h4-8H,9-10H2,1-3H3;1H2,2H3;3H,1H2,2H3. The summed E-state index contributed by atoms with van der Waals surface area (Å²) in [7, 11) is -3.09. The SMILES string of the molecule is C=C(C)F.C=CC.CC1(C)CC=C(c2ccc(S(C)(=O)=O)cc2)C1. The molecule has 1 aromatic carbocycles. The summed E-state index contributed by atoms with van der Waals surface area (Å²) in [5, 5.41) is 0. The highest BCUT2D eigenvalue weighted by molar-refractivity contribution is 7.90. The maximum absolute atomic E-state index is 11.4. The van der Waals surface area contributed by atoms with Crippen molar-refractivity contribution < 1.29 is 12.8 Å². The van der Waals surface area contributed by atoms with E-state index in [0.29, 0.717) is 10.3 Å². The smallest absolute Gasteiger partial charge is 0.175 e. The summed E-state index contributed by atoms with van der Waals surface area (Å²) in [5.74, 6) is -0.333. The molecule has 0 fully saturated rings. The van der Waals surface area contributed by atoms with Crippen molar-refractivity contribution in [2.45, 2.75) is 45.4 Å². The highest BCUT2D eigenvalue weighted by Crippen LogP contribution is 2.40. The Bertz CT molecular complexity index is 677. The number of sulfone groups is 1. The van der Waals surface area contributed by atoms with E-state index in [4.69, 9.17) is 0 Å². The highest BCUT2D eigenvalue weighted by atomic mass is 32.2. The Balaban J connectivity index is 0.000000648. The van der Waals surface area contributed by atoms with Gasteiger partial charge in [-0.05, 0) is 55.4 Å². The summed E-state index contributed by atoms with van der Waals surface area (Å²) in [6.45, 7) is 13.9. The first-order chi connectivity index (χ1) is 10.9. The van der Waals surface area contributed by atoms with E-state index in [-0.39, 0.29) is 5.83 Å². The molecule has 0 N–H and O–H groups in total. The van der Waals surface area contributed by atoms with Crippen LogP contribution in [0.1, 0.15) is 46.1 Å². The minimum absolute atomic E-state index is 0.333. The van der Waals surface area contributed by atoms with E-state index in [0.717, 1.165) is 18.4 Å². The van der Waals surface area contributed by atoms with Crippen LogP contribution in [0.15, 0.2) is 60.3 Å². The fourth-order valence-electron chi connectivity index (χ4n) is 2.20. The van der Waals surface area contributed by atoms with Crippen LogP contribution in [-0.2, 0) is 9.84 Å². The molecule has 0 saturated carbocycles. The van der Waals surface area contributed by atoms with Gasteiger partial charge in [-0.25, -0.2) is 12.8 Å².